The van der Waals surface area contributed by atoms with E-state index in [1.54, 1.807) is 0 Å². The van der Waals surface area contributed by atoms with Gasteiger partial charge >= 0.3 is 0 Å². The van der Waals surface area contributed by atoms with Crippen LogP contribution in [0.1, 0.15) is 33.1 Å². The zero-order chi connectivity index (χ0) is 10.1. The molecule has 0 radical (unpaired) electrons. The molecule has 0 amide bonds. The summed E-state index contributed by atoms with van der Waals surface area (Å²) in [5.74, 6) is 0.581. The summed E-state index contributed by atoms with van der Waals surface area (Å²) in [6, 6.07) is 0.211. The Bertz CT molecular complexity index is 198. The molecule has 2 heteroatoms. The van der Waals surface area contributed by atoms with Gasteiger partial charge in [0.05, 0.1) is 5.60 Å². The average Bonchev–Trinajstić information content (AvgIpc) is 2.03. The van der Waals surface area contributed by atoms with Crippen molar-refractivity contribution >= 4 is 0 Å². The van der Waals surface area contributed by atoms with Crippen LogP contribution >= 0.6 is 0 Å². The van der Waals surface area contributed by atoms with Crippen molar-refractivity contribution in [2.24, 2.45) is 5.92 Å². The summed E-state index contributed by atoms with van der Waals surface area (Å²) in [6.45, 7) is 7.99. The molecule has 0 unspecified atom stereocenters. The fourth-order valence-corrected chi connectivity index (χ4v) is 2.17. The number of hydrogen-bond acceptors (Lipinski definition) is 2. The first-order valence-electron chi connectivity index (χ1n) is 5.02. The molecule has 1 rings (SSSR count). The Morgan fingerprint density at radius 2 is 2.23 bits per heavy atom. The van der Waals surface area contributed by atoms with E-state index in [-0.39, 0.29) is 6.04 Å². The van der Waals surface area contributed by atoms with Crippen LogP contribution in [0.5, 0.6) is 0 Å². The summed E-state index contributed by atoms with van der Waals surface area (Å²) in [7, 11) is 1.92. The third-order valence-electron chi connectivity index (χ3n) is 3.32. The molecule has 1 fully saturated rings. The highest BCUT2D eigenvalue weighted by Crippen LogP contribution is 2.34. The molecular formula is C11H21NO. The smallest absolute Gasteiger partial charge is 0.0772 e. The predicted octanol–water partition coefficient (Wildman–Crippen LogP) is 1.70. The maximum atomic E-state index is 10.0. The van der Waals surface area contributed by atoms with Crippen molar-refractivity contribution < 1.29 is 5.11 Å². The molecule has 1 aliphatic rings. The van der Waals surface area contributed by atoms with Gasteiger partial charge in [0.1, 0.15) is 0 Å². The predicted molar refractivity (Wildman–Crippen MR) is 55.6 cm³/mol. The van der Waals surface area contributed by atoms with E-state index in [9.17, 15) is 5.11 Å². The lowest BCUT2D eigenvalue weighted by molar-refractivity contribution is -0.0173. The minimum Gasteiger partial charge on any atom is -0.389 e. The van der Waals surface area contributed by atoms with Gasteiger partial charge in [0.15, 0.2) is 0 Å². The fourth-order valence-electron chi connectivity index (χ4n) is 2.17. The Kier molecular flexibility index (Phi) is 3.14. The van der Waals surface area contributed by atoms with E-state index in [1.807, 2.05) is 14.0 Å². The minimum absolute atomic E-state index is 0.211. The van der Waals surface area contributed by atoms with Crippen molar-refractivity contribution in [2.75, 3.05) is 7.05 Å². The first-order chi connectivity index (χ1) is 5.97. The van der Waals surface area contributed by atoms with Crippen LogP contribution in [0.2, 0.25) is 0 Å². The lowest BCUT2D eigenvalue weighted by Gasteiger charge is -2.41. The lowest BCUT2D eigenvalue weighted by Crippen LogP contribution is -2.51. The molecule has 0 aromatic carbocycles. The van der Waals surface area contributed by atoms with Gasteiger partial charge in [-0.2, -0.15) is 0 Å². The minimum atomic E-state index is -0.541. The van der Waals surface area contributed by atoms with Crippen molar-refractivity contribution in [2.45, 2.75) is 44.8 Å². The van der Waals surface area contributed by atoms with Gasteiger partial charge in [0.25, 0.3) is 0 Å². The van der Waals surface area contributed by atoms with Crippen molar-refractivity contribution in [1.29, 1.82) is 0 Å². The SMILES string of the molecule is C=C(C)[C@@H]1CC[C@@](C)(O)[C@H](NC)C1. The summed E-state index contributed by atoms with van der Waals surface area (Å²) >= 11 is 0. The molecular weight excluding hydrogens is 162 g/mol. The largest absolute Gasteiger partial charge is 0.389 e. The summed E-state index contributed by atoms with van der Waals surface area (Å²) in [5.41, 5.74) is 0.705. The number of likely N-dealkylation sites (N-methyl/N-ethyl adjacent to an activating group) is 1. The summed E-state index contributed by atoms with van der Waals surface area (Å²) < 4.78 is 0. The summed E-state index contributed by atoms with van der Waals surface area (Å²) in [5, 5.41) is 13.2. The van der Waals surface area contributed by atoms with Crippen LogP contribution in [-0.4, -0.2) is 23.8 Å². The van der Waals surface area contributed by atoms with Crippen LogP contribution in [0.4, 0.5) is 0 Å². The van der Waals surface area contributed by atoms with Crippen molar-refractivity contribution in [1.82, 2.24) is 5.32 Å². The van der Waals surface area contributed by atoms with E-state index in [0.717, 1.165) is 19.3 Å². The van der Waals surface area contributed by atoms with E-state index in [4.69, 9.17) is 0 Å². The zero-order valence-electron chi connectivity index (χ0n) is 8.93. The number of hydrogen-bond donors (Lipinski definition) is 2. The monoisotopic (exact) mass is 183 g/mol. The Hall–Kier alpha value is -0.340. The van der Waals surface area contributed by atoms with Gasteiger partial charge in [-0.15, -0.1) is 0 Å². The molecule has 0 spiro atoms. The van der Waals surface area contributed by atoms with E-state index < -0.39 is 5.60 Å². The van der Waals surface area contributed by atoms with E-state index in [2.05, 4.69) is 18.8 Å². The highest BCUT2D eigenvalue weighted by molar-refractivity contribution is 5.04. The van der Waals surface area contributed by atoms with Crippen molar-refractivity contribution in [3.8, 4) is 0 Å². The van der Waals surface area contributed by atoms with Crippen LogP contribution < -0.4 is 5.32 Å². The molecule has 0 aromatic heterocycles. The number of aliphatic hydroxyl groups is 1. The second kappa shape index (κ2) is 3.81. The molecule has 2 N–H and O–H groups in total. The van der Waals surface area contributed by atoms with Gasteiger partial charge in [-0.3, -0.25) is 0 Å². The van der Waals surface area contributed by atoms with Crippen LogP contribution in [-0.2, 0) is 0 Å². The van der Waals surface area contributed by atoms with Crippen LogP contribution in [0.25, 0.3) is 0 Å². The third-order valence-corrected chi connectivity index (χ3v) is 3.32. The van der Waals surface area contributed by atoms with Gasteiger partial charge < -0.3 is 10.4 Å². The number of nitrogens with one attached hydrogen (secondary N) is 1. The quantitative estimate of drug-likeness (QED) is 0.639. The van der Waals surface area contributed by atoms with Gasteiger partial charge in [-0.25, -0.2) is 0 Å². The van der Waals surface area contributed by atoms with Gasteiger partial charge in [-0.05, 0) is 46.1 Å². The van der Waals surface area contributed by atoms with Crippen LogP contribution in [0.3, 0.4) is 0 Å². The van der Waals surface area contributed by atoms with Gasteiger partial charge in [0.2, 0.25) is 0 Å². The Labute approximate surface area is 81.0 Å². The van der Waals surface area contributed by atoms with E-state index >= 15 is 0 Å². The van der Waals surface area contributed by atoms with Crippen LogP contribution in [0, 0.1) is 5.92 Å². The molecule has 1 saturated carbocycles. The molecule has 1 aliphatic carbocycles. The van der Waals surface area contributed by atoms with E-state index in [0.29, 0.717) is 5.92 Å². The highest BCUT2D eigenvalue weighted by Gasteiger charge is 2.37. The van der Waals surface area contributed by atoms with E-state index in [1.165, 1.54) is 5.57 Å². The van der Waals surface area contributed by atoms with Gasteiger partial charge in [-0.1, -0.05) is 12.2 Å². The highest BCUT2D eigenvalue weighted by atomic mass is 16.3. The van der Waals surface area contributed by atoms with Gasteiger partial charge in [0, 0.05) is 6.04 Å². The molecule has 0 aromatic rings. The normalized spacial score (nSPS) is 40.3. The van der Waals surface area contributed by atoms with Crippen LogP contribution in [0.15, 0.2) is 12.2 Å². The summed E-state index contributed by atoms with van der Waals surface area (Å²) in [4.78, 5) is 0. The first kappa shape index (κ1) is 10.7. The molecule has 0 saturated heterocycles. The zero-order valence-corrected chi connectivity index (χ0v) is 8.93. The molecule has 0 heterocycles. The second-order valence-corrected chi connectivity index (χ2v) is 4.52. The summed E-state index contributed by atoms with van der Waals surface area (Å²) in [6.07, 6.45) is 2.95. The Morgan fingerprint density at radius 1 is 1.62 bits per heavy atom. The molecule has 13 heavy (non-hydrogen) atoms. The Morgan fingerprint density at radius 3 is 2.69 bits per heavy atom. The number of allylic oxidation sites excluding steroid dienone is 1. The maximum absolute atomic E-state index is 10.0. The fraction of sp³-hybridized carbons (Fsp3) is 0.818. The maximum Gasteiger partial charge on any atom is 0.0772 e. The molecule has 0 aliphatic heterocycles. The van der Waals surface area contributed by atoms with Crippen molar-refractivity contribution in [3.05, 3.63) is 12.2 Å². The average molecular weight is 183 g/mol. The van der Waals surface area contributed by atoms with Crippen molar-refractivity contribution in [3.63, 3.8) is 0 Å². The number of rotatable bonds is 2. The third kappa shape index (κ3) is 2.32. The lowest BCUT2D eigenvalue weighted by atomic mass is 9.74. The molecule has 2 nitrogen and oxygen atoms in total. The topological polar surface area (TPSA) is 32.3 Å². The standard InChI is InChI=1S/C11H21NO/c1-8(2)9-5-6-11(3,13)10(7-9)12-4/h9-10,12-13H,1,5-7H2,2-4H3/t9-,10-,11-/m1/s1. The first-order valence-corrected chi connectivity index (χ1v) is 5.02. The second-order valence-electron chi connectivity index (χ2n) is 4.52. The molecule has 0 bridgehead atoms. The molecule has 76 valence electrons. The Balaban J connectivity index is 2.63. The molecule has 3 atom stereocenters.